The molecule has 4 rings (SSSR count). The van der Waals surface area contributed by atoms with Crippen molar-refractivity contribution in [3.63, 3.8) is 0 Å². The second-order valence-electron chi connectivity index (χ2n) is 9.65. The minimum absolute atomic E-state index is 0.423. The van der Waals surface area contributed by atoms with E-state index in [1.807, 2.05) is 26.0 Å². The number of rotatable bonds is 8. The lowest BCUT2D eigenvalue weighted by molar-refractivity contribution is -0.145. The van der Waals surface area contributed by atoms with E-state index in [0.29, 0.717) is 11.5 Å². The van der Waals surface area contributed by atoms with Gasteiger partial charge in [0.1, 0.15) is 0 Å². The lowest BCUT2D eigenvalue weighted by Crippen LogP contribution is -2.48. The topological polar surface area (TPSA) is 143 Å². The smallest absolute Gasteiger partial charge is 0.331 e. The first-order valence-electron chi connectivity index (χ1n) is 14.1. The minimum atomic E-state index is -1.10. The fourth-order valence-electron chi connectivity index (χ4n) is 4.94. The van der Waals surface area contributed by atoms with Gasteiger partial charge < -0.3 is 24.8 Å². The molecule has 2 atom stereocenters. The molecule has 10 heteroatoms. The summed E-state index contributed by atoms with van der Waals surface area (Å²) in [5.74, 6) is 7.46. The maximum absolute atomic E-state index is 12.6. The molecule has 2 heterocycles. The van der Waals surface area contributed by atoms with Crippen molar-refractivity contribution in [2.75, 3.05) is 51.4 Å². The van der Waals surface area contributed by atoms with Crippen LogP contribution in [0.3, 0.4) is 0 Å². The van der Waals surface area contributed by atoms with E-state index in [-0.39, 0.29) is 0 Å². The Morgan fingerprint density at radius 2 is 1.57 bits per heavy atom. The van der Waals surface area contributed by atoms with Crippen LogP contribution in [0.2, 0.25) is 0 Å². The van der Waals surface area contributed by atoms with Crippen LogP contribution >= 0.6 is 0 Å². The highest BCUT2D eigenvalue weighted by atomic mass is 16.5. The lowest BCUT2D eigenvalue weighted by Gasteiger charge is -2.34. The molecular formula is C30H47N5O5. The first kappa shape index (κ1) is 33.2. The number of hydrazine groups is 1. The van der Waals surface area contributed by atoms with Gasteiger partial charge in [-0.1, -0.05) is 38.1 Å². The summed E-state index contributed by atoms with van der Waals surface area (Å²) in [6.07, 6.45) is 1.11. The number of nitrogens with zero attached hydrogens (tertiary/aromatic N) is 2. The van der Waals surface area contributed by atoms with Crippen LogP contribution in [0.25, 0.3) is 0 Å². The SMILES string of the molecule is CC.COC(=O)C(NC(=O)c1ccc(N2CCC(c3ccc(CN4CCOCC4)cc3)CC2)cc1)[C@@H](C)O.NN. The number of hydrogen-bond acceptors (Lipinski definition) is 9. The molecule has 0 aliphatic carbocycles. The number of carbonyl (C=O) groups is 2. The predicted molar refractivity (Wildman–Crippen MR) is 158 cm³/mol. The predicted octanol–water partition coefficient (Wildman–Crippen LogP) is 2.40. The van der Waals surface area contributed by atoms with E-state index >= 15 is 0 Å². The zero-order valence-corrected chi connectivity index (χ0v) is 24.3. The molecule has 0 aromatic heterocycles. The molecule has 222 valence electrons. The summed E-state index contributed by atoms with van der Waals surface area (Å²) in [5.41, 5.74) is 4.27. The van der Waals surface area contributed by atoms with Crippen LogP contribution in [-0.2, 0) is 20.8 Å². The Morgan fingerprint density at radius 3 is 2.10 bits per heavy atom. The van der Waals surface area contributed by atoms with E-state index in [9.17, 15) is 14.7 Å². The number of anilines is 1. The zero-order chi connectivity index (χ0) is 29.5. The Bertz CT molecular complexity index is 1000. The third-order valence-corrected chi connectivity index (χ3v) is 7.17. The summed E-state index contributed by atoms with van der Waals surface area (Å²) >= 11 is 0. The molecule has 2 aromatic carbocycles. The molecule has 0 saturated carbocycles. The average Bonchev–Trinajstić information content (AvgIpc) is 3.02. The van der Waals surface area contributed by atoms with Gasteiger partial charge in [-0.15, -0.1) is 0 Å². The number of nitrogens with one attached hydrogen (secondary N) is 1. The molecule has 2 aromatic rings. The van der Waals surface area contributed by atoms with Crippen LogP contribution in [0.15, 0.2) is 48.5 Å². The fraction of sp³-hybridized carbons (Fsp3) is 0.533. The summed E-state index contributed by atoms with van der Waals surface area (Å²) in [6.45, 7) is 12.0. The number of morpholine rings is 1. The number of esters is 1. The molecular weight excluding hydrogens is 510 g/mol. The third kappa shape index (κ3) is 9.57. The van der Waals surface area contributed by atoms with Crippen LogP contribution in [0.1, 0.15) is 61.0 Å². The van der Waals surface area contributed by atoms with Gasteiger partial charge in [0, 0.05) is 44.0 Å². The highest BCUT2D eigenvalue weighted by Crippen LogP contribution is 2.31. The van der Waals surface area contributed by atoms with Crippen molar-refractivity contribution in [1.82, 2.24) is 10.2 Å². The minimum Gasteiger partial charge on any atom is -0.467 e. The number of ether oxygens (including phenoxy) is 2. The van der Waals surface area contributed by atoms with E-state index in [1.54, 1.807) is 12.1 Å². The number of methoxy groups -OCH3 is 1. The van der Waals surface area contributed by atoms with Crippen molar-refractivity contribution in [2.45, 2.75) is 58.2 Å². The van der Waals surface area contributed by atoms with Crippen LogP contribution in [0, 0.1) is 0 Å². The highest BCUT2D eigenvalue weighted by molar-refractivity contribution is 5.97. The maximum Gasteiger partial charge on any atom is 0.331 e. The van der Waals surface area contributed by atoms with Crippen molar-refractivity contribution in [3.05, 3.63) is 65.2 Å². The molecule has 2 saturated heterocycles. The van der Waals surface area contributed by atoms with Gasteiger partial charge in [0.15, 0.2) is 6.04 Å². The second-order valence-corrected chi connectivity index (χ2v) is 9.65. The Kier molecular flexibility index (Phi) is 14.6. The molecule has 2 aliphatic heterocycles. The van der Waals surface area contributed by atoms with Crippen LogP contribution in [-0.4, -0.2) is 80.5 Å². The molecule has 6 N–H and O–H groups in total. The third-order valence-electron chi connectivity index (χ3n) is 7.17. The highest BCUT2D eigenvalue weighted by Gasteiger charge is 2.27. The van der Waals surface area contributed by atoms with E-state index in [0.717, 1.165) is 64.5 Å². The molecule has 0 bridgehead atoms. The second kappa shape index (κ2) is 17.6. The van der Waals surface area contributed by atoms with Crippen molar-refractivity contribution in [2.24, 2.45) is 11.7 Å². The van der Waals surface area contributed by atoms with Crippen LogP contribution in [0.4, 0.5) is 5.69 Å². The number of aliphatic hydroxyl groups excluding tert-OH is 1. The van der Waals surface area contributed by atoms with Crippen molar-refractivity contribution >= 4 is 17.6 Å². The van der Waals surface area contributed by atoms with Gasteiger partial charge >= 0.3 is 5.97 Å². The largest absolute Gasteiger partial charge is 0.467 e. The summed E-state index contributed by atoms with van der Waals surface area (Å²) < 4.78 is 10.1. The Morgan fingerprint density at radius 1 is 1.00 bits per heavy atom. The van der Waals surface area contributed by atoms with Gasteiger partial charge in [0.2, 0.25) is 0 Å². The average molecular weight is 558 g/mol. The molecule has 0 spiro atoms. The Balaban J connectivity index is 0.00000134. The van der Waals surface area contributed by atoms with E-state index in [1.165, 1.54) is 25.2 Å². The van der Waals surface area contributed by atoms with Crippen molar-refractivity contribution < 1.29 is 24.2 Å². The number of hydrogen-bond donors (Lipinski definition) is 4. The lowest BCUT2D eigenvalue weighted by atomic mass is 9.88. The normalized spacial score (nSPS) is 17.3. The molecule has 1 unspecified atom stereocenters. The quantitative estimate of drug-likeness (QED) is 0.219. The monoisotopic (exact) mass is 557 g/mol. The molecule has 1 amide bonds. The Labute approximate surface area is 238 Å². The van der Waals surface area contributed by atoms with Gasteiger partial charge in [0.25, 0.3) is 5.91 Å². The number of amides is 1. The van der Waals surface area contributed by atoms with E-state index < -0.39 is 24.0 Å². The summed E-state index contributed by atoms with van der Waals surface area (Å²) in [7, 11) is 1.23. The van der Waals surface area contributed by atoms with Crippen LogP contribution in [0.5, 0.6) is 0 Å². The van der Waals surface area contributed by atoms with Crippen molar-refractivity contribution in [3.8, 4) is 0 Å². The number of benzene rings is 2. The van der Waals surface area contributed by atoms with Gasteiger partial charge in [-0.3, -0.25) is 21.4 Å². The van der Waals surface area contributed by atoms with Crippen LogP contribution < -0.4 is 21.9 Å². The van der Waals surface area contributed by atoms with Gasteiger partial charge in [0.05, 0.1) is 26.4 Å². The number of carbonyl (C=O) groups excluding carboxylic acids is 2. The number of piperidine rings is 1. The first-order chi connectivity index (χ1) is 19.4. The summed E-state index contributed by atoms with van der Waals surface area (Å²) in [5, 5.41) is 12.3. The Hall–Kier alpha value is -3.02. The number of aliphatic hydroxyl groups is 1. The van der Waals surface area contributed by atoms with E-state index in [2.05, 4.69) is 55.8 Å². The summed E-state index contributed by atoms with van der Waals surface area (Å²) in [6, 6.07) is 15.4. The molecule has 40 heavy (non-hydrogen) atoms. The zero-order valence-electron chi connectivity index (χ0n) is 24.3. The number of nitrogens with two attached hydrogens (primary N) is 2. The first-order valence-corrected chi connectivity index (χ1v) is 14.1. The maximum atomic E-state index is 12.6. The molecule has 0 radical (unpaired) electrons. The standard InChI is InChI=1S/C28H37N3O5.C2H6.H4N2/c1-20(32)26(28(34)35-2)29-27(33)24-7-9-25(10-8-24)31-13-11-23(12-14-31)22-5-3-21(4-6-22)19-30-15-17-36-18-16-30;2*1-2/h3-10,20,23,26,32H,11-19H2,1-2H3,(H,29,33);1-2H3;1-2H2/t20-,26?;;/m1../s1. The molecule has 2 aliphatic rings. The summed E-state index contributed by atoms with van der Waals surface area (Å²) in [4.78, 5) is 29.1. The fourth-order valence-corrected chi connectivity index (χ4v) is 4.94. The van der Waals surface area contributed by atoms with E-state index in [4.69, 9.17) is 4.74 Å². The van der Waals surface area contributed by atoms with Gasteiger partial charge in [-0.2, -0.15) is 0 Å². The van der Waals surface area contributed by atoms with Gasteiger partial charge in [-0.25, -0.2) is 4.79 Å². The van der Waals surface area contributed by atoms with Gasteiger partial charge in [-0.05, 0) is 61.1 Å². The molecule has 10 nitrogen and oxygen atoms in total. The molecule has 2 fully saturated rings. The van der Waals surface area contributed by atoms with Crippen molar-refractivity contribution in [1.29, 1.82) is 0 Å².